The Hall–Kier alpha value is -1.85. The van der Waals surface area contributed by atoms with Crippen molar-refractivity contribution in [2.24, 2.45) is 5.92 Å². The van der Waals surface area contributed by atoms with Crippen LogP contribution in [-0.4, -0.2) is 47.5 Å². The van der Waals surface area contributed by atoms with Crippen LogP contribution in [0.3, 0.4) is 0 Å². The molecule has 2 fully saturated rings. The predicted molar refractivity (Wildman–Crippen MR) is 107 cm³/mol. The van der Waals surface area contributed by atoms with Gasteiger partial charge in [-0.2, -0.15) is 0 Å². The van der Waals surface area contributed by atoms with Crippen molar-refractivity contribution in [1.29, 1.82) is 0 Å². The summed E-state index contributed by atoms with van der Waals surface area (Å²) in [6.07, 6.45) is 3.82. The van der Waals surface area contributed by atoms with Gasteiger partial charge in [-0.15, -0.1) is 11.3 Å². The van der Waals surface area contributed by atoms with E-state index >= 15 is 0 Å². The maximum absolute atomic E-state index is 13.3. The predicted octanol–water partition coefficient (Wildman–Crippen LogP) is 3.56. The Morgan fingerprint density at radius 2 is 2.07 bits per heavy atom. The number of rotatable bonds is 3. The highest BCUT2D eigenvalue weighted by atomic mass is 32.1. The molecule has 2 saturated heterocycles. The third kappa shape index (κ3) is 3.39. The molecule has 2 aromatic rings. The van der Waals surface area contributed by atoms with Crippen molar-refractivity contribution in [3.63, 3.8) is 0 Å². The Labute approximate surface area is 164 Å². The third-order valence-corrected chi connectivity index (χ3v) is 7.18. The van der Waals surface area contributed by atoms with Gasteiger partial charge in [-0.25, -0.2) is 0 Å². The van der Waals surface area contributed by atoms with Crippen LogP contribution in [0.2, 0.25) is 0 Å². The van der Waals surface area contributed by atoms with Crippen LogP contribution >= 0.6 is 11.3 Å². The highest BCUT2D eigenvalue weighted by Crippen LogP contribution is 2.34. The van der Waals surface area contributed by atoms with E-state index in [0.717, 1.165) is 50.3 Å². The number of hydrogen-bond donors (Lipinski definition) is 0. The number of ether oxygens (including phenoxy) is 1. The van der Waals surface area contributed by atoms with Crippen molar-refractivity contribution in [2.75, 3.05) is 19.6 Å². The number of para-hydroxylation sites is 1. The van der Waals surface area contributed by atoms with Gasteiger partial charge in [0.1, 0.15) is 5.75 Å². The molecular formula is C22H26N2O2S. The lowest BCUT2D eigenvalue weighted by Gasteiger charge is -2.47. The van der Waals surface area contributed by atoms with Crippen LogP contribution in [0.1, 0.15) is 29.7 Å². The van der Waals surface area contributed by atoms with Gasteiger partial charge in [0.15, 0.2) is 6.10 Å². The second kappa shape index (κ2) is 7.28. The summed E-state index contributed by atoms with van der Waals surface area (Å²) in [4.78, 5) is 19.4. The number of nitrogens with zero attached hydrogens (tertiary/aromatic N) is 2. The van der Waals surface area contributed by atoms with Crippen LogP contribution in [0.25, 0.3) is 0 Å². The summed E-state index contributed by atoms with van der Waals surface area (Å²) >= 11 is 1.84. The van der Waals surface area contributed by atoms with Crippen molar-refractivity contribution >= 4 is 17.2 Å². The molecule has 3 aliphatic rings. The molecule has 3 aliphatic heterocycles. The number of thiophene rings is 1. The fourth-order valence-corrected chi connectivity index (χ4v) is 5.77. The van der Waals surface area contributed by atoms with Gasteiger partial charge in [-0.3, -0.25) is 9.69 Å². The van der Waals surface area contributed by atoms with Gasteiger partial charge >= 0.3 is 0 Å². The number of carbonyl (C=O) groups excluding carboxylic acids is 1. The summed E-state index contributed by atoms with van der Waals surface area (Å²) in [5.41, 5.74) is 1.16. The molecule has 0 saturated carbocycles. The molecule has 0 spiro atoms. The van der Waals surface area contributed by atoms with Gasteiger partial charge in [0.2, 0.25) is 0 Å². The lowest BCUT2D eigenvalue weighted by Crippen LogP contribution is -2.57. The van der Waals surface area contributed by atoms with E-state index in [-0.39, 0.29) is 12.0 Å². The molecule has 142 valence electrons. The van der Waals surface area contributed by atoms with Crippen molar-refractivity contribution < 1.29 is 9.53 Å². The maximum atomic E-state index is 13.3. The minimum absolute atomic E-state index is 0.201. The van der Waals surface area contributed by atoms with E-state index in [2.05, 4.69) is 33.4 Å². The lowest BCUT2D eigenvalue weighted by atomic mass is 9.83. The third-order valence-electron chi connectivity index (χ3n) is 6.32. The number of amides is 1. The average molecular weight is 383 g/mol. The monoisotopic (exact) mass is 382 g/mol. The van der Waals surface area contributed by atoms with Crippen LogP contribution in [0.5, 0.6) is 5.75 Å². The number of benzene rings is 1. The molecule has 0 N–H and O–H groups in total. The highest BCUT2D eigenvalue weighted by Gasteiger charge is 2.41. The number of carbonyl (C=O) groups is 1. The van der Waals surface area contributed by atoms with E-state index in [1.54, 1.807) is 0 Å². The van der Waals surface area contributed by atoms with E-state index < -0.39 is 0 Å². The molecule has 5 rings (SSSR count). The zero-order valence-electron chi connectivity index (χ0n) is 15.5. The van der Waals surface area contributed by atoms with Crippen LogP contribution in [0.4, 0.5) is 0 Å². The number of piperidine rings is 2. The number of hydrogen-bond acceptors (Lipinski definition) is 4. The SMILES string of the molecule is O=C(C1Cc2ccccc2O1)N1CCC[C@@H]2CN(Cc3cccs3)CC[C@H]21. The van der Waals surface area contributed by atoms with Gasteiger partial charge in [0.05, 0.1) is 0 Å². The van der Waals surface area contributed by atoms with Crippen molar-refractivity contribution in [3.8, 4) is 5.75 Å². The fraction of sp³-hybridized carbons (Fsp3) is 0.500. The molecule has 4 nitrogen and oxygen atoms in total. The first-order valence-electron chi connectivity index (χ1n) is 10.1. The highest BCUT2D eigenvalue weighted by molar-refractivity contribution is 7.09. The van der Waals surface area contributed by atoms with E-state index in [1.807, 2.05) is 29.5 Å². The van der Waals surface area contributed by atoms with Crippen LogP contribution in [0, 0.1) is 5.92 Å². The van der Waals surface area contributed by atoms with E-state index in [0.29, 0.717) is 18.4 Å². The molecule has 3 atom stereocenters. The van der Waals surface area contributed by atoms with E-state index in [9.17, 15) is 4.79 Å². The molecule has 5 heteroatoms. The second-order valence-corrected chi connectivity index (χ2v) is 9.06. The topological polar surface area (TPSA) is 32.8 Å². The molecule has 0 radical (unpaired) electrons. The normalized spacial score (nSPS) is 27.7. The minimum Gasteiger partial charge on any atom is -0.480 e. The van der Waals surface area contributed by atoms with Crippen molar-refractivity contribution in [3.05, 3.63) is 52.2 Å². The molecule has 1 aromatic carbocycles. The van der Waals surface area contributed by atoms with Gasteiger partial charge in [0.25, 0.3) is 5.91 Å². The standard InChI is InChI=1S/C22H26N2O2S/c25-22(21-13-16-5-1-2-8-20(16)26-21)24-10-3-6-17-14-23(11-9-19(17)24)15-18-7-4-12-27-18/h1-2,4-5,7-8,12,17,19,21H,3,6,9-11,13-15H2/t17-,19-,21?/m1/s1. The molecule has 1 aromatic heterocycles. The minimum atomic E-state index is -0.328. The number of likely N-dealkylation sites (tertiary alicyclic amines) is 2. The van der Waals surface area contributed by atoms with Crippen LogP contribution < -0.4 is 4.74 Å². The first kappa shape index (κ1) is 17.3. The first-order valence-corrected chi connectivity index (χ1v) is 11.0. The summed E-state index contributed by atoms with van der Waals surface area (Å²) in [6, 6.07) is 12.8. The van der Waals surface area contributed by atoms with E-state index in [4.69, 9.17) is 4.74 Å². The first-order chi connectivity index (χ1) is 13.3. The van der Waals surface area contributed by atoms with Gasteiger partial charge < -0.3 is 9.64 Å². The lowest BCUT2D eigenvalue weighted by molar-refractivity contribution is -0.145. The zero-order chi connectivity index (χ0) is 18.2. The number of fused-ring (bicyclic) bond motifs is 2. The molecule has 0 aliphatic carbocycles. The van der Waals surface area contributed by atoms with Crippen molar-refractivity contribution in [2.45, 2.75) is 44.4 Å². The Bertz CT molecular complexity index is 781. The summed E-state index contributed by atoms with van der Waals surface area (Å²) in [5.74, 6) is 1.68. The summed E-state index contributed by atoms with van der Waals surface area (Å²) in [6.45, 7) is 4.13. The second-order valence-electron chi connectivity index (χ2n) is 8.02. The van der Waals surface area contributed by atoms with Crippen LogP contribution in [-0.2, 0) is 17.8 Å². The molecule has 0 bridgehead atoms. The fourth-order valence-electron chi connectivity index (χ4n) is 5.02. The van der Waals surface area contributed by atoms with Crippen molar-refractivity contribution in [1.82, 2.24) is 9.80 Å². The Morgan fingerprint density at radius 1 is 1.15 bits per heavy atom. The largest absolute Gasteiger partial charge is 0.480 e. The average Bonchev–Trinajstić information content (AvgIpc) is 3.36. The summed E-state index contributed by atoms with van der Waals surface area (Å²) in [7, 11) is 0. The molecule has 1 amide bonds. The van der Waals surface area contributed by atoms with Gasteiger partial charge in [-0.1, -0.05) is 24.3 Å². The Balaban J connectivity index is 1.25. The molecule has 1 unspecified atom stereocenters. The Morgan fingerprint density at radius 3 is 2.93 bits per heavy atom. The molecule has 27 heavy (non-hydrogen) atoms. The smallest absolute Gasteiger partial charge is 0.264 e. The van der Waals surface area contributed by atoms with Gasteiger partial charge in [0, 0.05) is 43.5 Å². The summed E-state index contributed by atoms with van der Waals surface area (Å²) in [5, 5.41) is 2.16. The van der Waals surface area contributed by atoms with Crippen LogP contribution in [0.15, 0.2) is 41.8 Å². The zero-order valence-corrected chi connectivity index (χ0v) is 16.4. The quantitative estimate of drug-likeness (QED) is 0.814. The molecule has 4 heterocycles. The summed E-state index contributed by atoms with van der Waals surface area (Å²) < 4.78 is 5.99. The Kier molecular flexibility index (Phi) is 4.66. The molecular weight excluding hydrogens is 356 g/mol. The maximum Gasteiger partial charge on any atom is 0.264 e. The van der Waals surface area contributed by atoms with E-state index in [1.165, 1.54) is 11.3 Å². The van der Waals surface area contributed by atoms with Gasteiger partial charge in [-0.05, 0) is 48.3 Å².